The van der Waals surface area contributed by atoms with Crippen LogP contribution in [0.5, 0.6) is 0 Å². The van der Waals surface area contributed by atoms with Crippen LogP contribution in [-0.2, 0) is 6.42 Å². The van der Waals surface area contributed by atoms with Crippen molar-refractivity contribution in [3.63, 3.8) is 0 Å². The standard InChI is InChI=1S/C16H17NO3/c18-11-15(17-16(19)20)10-12-6-8-14(9-7-12)13-4-2-1-3-5-13/h1-9,15,17-18H,10-11H2,(H,19,20). The maximum atomic E-state index is 10.6. The fraction of sp³-hybridized carbons (Fsp3) is 0.188. The molecule has 0 aliphatic heterocycles. The molecule has 4 nitrogen and oxygen atoms in total. The molecule has 0 spiro atoms. The third-order valence-corrected chi connectivity index (χ3v) is 3.09. The topological polar surface area (TPSA) is 69.6 Å². The molecular weight excluding hydrogens is 254 g/mol. The van der Waals surface area contributed by atoms with Crippen LogP contribution < -0.4 is 5.32 Å². The summed E-state index contributed by atoms with van der Waals surface area (Å²) < 4.78 is 0. The van der Waals surface area contributed by atoms with Gasteiger partial charge in [-0.15, -0.1) is 0 Å². The Kier molecular flexibility index (Phi) is 4.74. The lowest BCUT2D eigenvalue weighted by Gasteiger charge is -2.14. The van der Waals surface area contributed by atoms with Crippen molar-refractivity contribution < 1.29 is 15.0 Å². The van der Waals surface area contributed by atoms with Crippen LogP contribution in [-0.4, -0.2) is 29.0 Å². The first-order valence-corrected chi connectivity index (χ1v) is 6.43. The number of carboxylic acid groups (broad SMARTS) is 1. The fourth-order valence-electron chi connectivity index (χ4n) is 2.08. The molecule has 0 heterocycles. The smallest absolute Gasteiger partial charge is 0.404 e. The Hall–Kier alpha value is -2.33. The molecule has 0 aliphatic carbocycles. The van der Waals surface area contributed by atoms with Crippen molar-refractivity contribution in [2.24, 2.45) is 0 Å². The predicted molar refractivity (Wildman–Crippen MR) is 77.6 cm³/mol. The quantitative estimate of drug-likeness (QED) is 0.782. The van der Waals surface area contributed by atoms with Gasteiger partial charge in [0.1, 0.15) is 0 Å². The Bertz CT molecular complexity index is 552. The summed E-state index contributed by atoms with van der Waals surface area (Å²) in [6.45, 7) is -0.216. The first-order valence-electron chi connectivity index (χ1n) is 6.43. The number of rotatable bonds is 5. The molecule has 0 aromatic heterocycles. The Morgan fingerprint density at radius 3 is 2.15 bits per heavy atom. The van der Waals surface area contributed by atoms with Crippen molar-refractivity contribution in [2.45, 2.75) is 12.5 Å². The third-order valence-electron chi connectivity index (χ3n) is 3.09. The van der Waals surface area contributed by atoms with Gasteiger partial charge in [-0.1, -0.05) is 54.6 Å². The second kappa shape index (κ2) is 6.73. The molecule has 0 fully saturated rings. The SMILES string of the molecule is O=C(O)NC(CO)Cc1ccc(-c2ccccc2)cc1. The number of benzene rings is 2. The van der Waals surface area contributed by atoms with E-state index in [1.165, 1.54) is 0 Å². The summed E-state index contributed by atoms with van der Waals surface area (Å²) in [4.78, 5) is 10.6. The molecule has 1 atom stereocenters. The third kappa shape index (κ3) is 3.83. The summed E-state index contributed by atoms with van der Waals surface area (Å²) in [6.07, 6.45) is -0.650. The number of aliphatic hydroxyl groups excluding tert-OH is 1. The molecule has 0 saturated carbocycles. The van der Waals surface area contributed by atoms with Gasteiger partial charge in [0.25, 0.3) is 0 Å². The van der Waals surface area contributed by atoms with E-state index in [1.54, 1.807) is 0 Å². The van der Waals surface area contributed by atoms with Crippen LogP contribution in [0.4, 0.5) is 4.79 Å². The van der Waals surface area contributed by atoms with Crippen molar-refractivity contribution >= 4 is 6.09 Å². The highest BCUT2D eigenvalue weighted by Gasteiger charge is 2.10. The minimum absolute atomic E-state index is 0.216. The maximum Gasteiger partial charge on any atom is 0.404 e. The number of nitrogens with one attached hydrogen (secondary N) is 1. The summed E-state index contributed by atoms with van der Waals surface area (Å²) in [5.41, 5.74) is 3.24. The highest BCUT2D eigenvalue weighted by atomic mass is 16.4. The minimum Gasteiger partial charge on any atom is -0.465 e. The average Bonchev–Trinajstić information content (AvgIpc) is 2.48. The number of amides is 1. The largest absolute Gasteiger partial charge is 0.465 e. The molecule has 2 aromatic rings. The summed E-state index contributed by atoms with van der Waals surface area (Å²) >= 11 is 0. The maximum absolute atomic E-state index is 10.6. The molecule has 1 amide bonds. The van der Waals surface area contributed by atoms with Gasteiger partial charge in [0.15, 0.2) is 0 Å². The molecule has 0 radical (unpaired) electrons. The van der Waals surface area contributed by atoms with Crippen molar-refractivity contribution in [3.05, 3.63) is 60.2 Å². The lowest BCUT2D eigenvalue weighted by molar-refractivity contribution is 0.177. The molecule has 1 unspecified atom stereocenters. The summed E-state index contributed by atoms with van der Waals surface area (Å²) in [6, 6.07) is 17.5. The van der Waals surface area contributed by atoms with E-state index in [1.807, 2.05) is 54.6 Å². The molecule has 2 aromatic carbocycles. The first-order chi connectivity index (χ1) is 9.69. The van der Waals surface area contributed by atoms with Crippen LogP contribution in [0.1, 0.15) is 5.56 Å². The Morgan fingerprint density at radius 1 is 1.00 bits per heavy atom. The van der Waals surface area contributed by atoms with Gasteiger partial charge < -0.3 is 15.5 Å². The first kappa shape index (κ1) is 14.1. The zero-order chi connectivity index (χ0) is 14.4. The highest BCUT2D eigenvalue weighted by Crippen LogP contribution is 2.19. The Labute approximate surface area is 117 Å². The molecular formula is C16H17NO3. The fourth-order valence-corrected chi connectivity index (χ4v) is 2.08. The molecule has 3 N–H and O–H groups in total. The van der Waals surface area contributed by atoms with E-state index in [9.17, 15) is 4.79 Å². The minimum atomic E-state index is -1.12. The van der Waals surface area contributed by atoms with Crippen molar-refractivity contribution in [3.8, 4) is 11.1 Å². The van der Waals surface area contributed by atoms with Gasteiger partial charge in [0.05, 0.1) is 12.6 Å². The van der Waals surface area contributed by atoms with Crippen LogP contribution >= 0.6 is 0 Å². The van der Waals surface area contributed by atoms with E-state index >= 15 is 0 Å². The van der Waals surface area contributed by atoms with Gasteiger partial charge in [-0.05, 0) is 23.1 Å². The molecule has 0 saturated heterocycles. The van der Waals surface area contributed by atoms with Crippen LogP contribution in [0.25, 0.3) is 11.1 Å². The lowest BCUT2D eigenvalue weighted by Crippen LogP contribution is -2.38. The van der Waals surface area contributed by atoms with E-state index in [0.717, 1.165) is 16.7 Å². The second-order valence-electron chi connectivity index (χ2n) is 4.60. The van der Waals surface area contributed by atoms with E-state index in [-0.39, 0.29) is 6.61 Å². The average molecular weight is 271 g/mol. The zero-order valence-corrected chi connectivity index (χ0v) is 11.0. The monoisotopic (exact) mass is 271 g/mol. The van der Waals surface area contributed by atoms with E-state index in [2.05, 4.69) is 5.32 Å². The van der Waals surface area contributed by atoms with E-state index < -0.39 is 12.1 Å². The van der Waals surface area contributed by atoms with Crippen LogP contribution in [0.3, 0.4) is 0 Å². The lowest BCUT2D eigenvalue weighted by atomic mass is 10.0. The molecule has 2 rings (SSSR count). The van der Waals surface area contributed by atoms with E-state index in [0.29, 0.717) is 6.42 Å². The number of hydrogen-bond acceptors (Lipinski definition) is 2. The van der Waals surface area contributed by atoms with Gasteiger partial charge in [-0.25, -0.2) is 4.79 Å². The summed E-state index contributed by atoms with van der Waals surface area (Å²) in [5, 5.41) is 20.1. The van der Waals surface area contributed by atoms with Crippen LogP contribution in [0.15, 0.2) is 54.6 Å². The van der Waals surface area contributed by atoms with E-state index in [4.69, 9.17) is 10.2 Å². The second-order valence-corrected chi connectivity index (χ2v) is 4.60. The normalized spacial score (nSPS) is 11.8. The number of aliphatic hydroxyl groups is 1. The van der Waals surface area contributed by atoms with Crippen molar-refractivity contribution in [1.29, 1.82) is 0 Å². The molecule has 104 valence electrons. The van der Waals surface area contributed by atoms with Crippen molar-refractivity contribution in [1.82, 2.24) is 5.32 Å². The van der Waals surface area contributed by atoms with Gasteiger partial charge in [-0.3, -0.25) is 0 Å². The predicted octanol–water partition coefficient (Wildman–Crippen LogP) is 2.52. The zero-order valence-electron chi connectivity index (χ0n) is 11.0. The van der Waals surface area contributed by atoms with Gasteiger partial charge in [-0.2, -0.15) is 0 Å². The highest BCUT2D eigenvalue weighted by molar-refractivity contribution is 5.65. The van der Waals surface area contributed by atoms with Crippen molar-refractivity contribution in [2.75, 3.05) is 6.61 Å². The number of carbonyl (C=O) groups is 1. The molecule has 4 heteroatoms. The molecule has 20 heavy (non-hydrogen) atoms. The van der Waals surface area contributed by atoms with Crippen LogP contribution in [0, 0.1) is 0 Å². The van der Waals surface area contributed by atoms with Crippen LogP contribution in [0.2, 0.25) is 0 Å². The Morgan fingerprint density at radius 2 is 1.60 bits per heavy atom. The molecule has 0 bridgehead atoms. The Balaban J connectivity index is 2.06. The van der Waals surface area contributed by atoms with Gasteiger partial charge >= 0.3 is 6.09 Å². The van der Waals surface area contributed by atoms with Gasteiger partial charge in [0, 0.05) is 0 Å². The summed E-state index contributed by atoms with van der Waals surface area (Å²) in [7, 11) is 0. The van der Waals surface area contributed by atoms with Gasteiger partial charge in [0.2, 0.25) is 0 Å². The molecule has 0 aliphatic rings. The summed E-state index contributed by atoms with van der Waals surface area (Å²) in [5.74, 6) is 0. The number of hydrogen-bond donors (Lipinski definition) is 3.